The van der Waals surface area contributed by atoms with Crippen molar-refractivity contribution < 1.29 is 9.35 Å². The molecule has 1 amide bonds. The van der Waals surface area contributed by atoms with E-state index in [1.54, 1.807) is 0 Å². The van der Waals surface area contributed by atoms with Gasteiger partial charge in [0.1, 0.15) is 0 Å². The average molecular weight is 220 g/mol. The summed E-state index contributed by atoms with van der Waals surface area (Å²) in [4.78, 5) is 11.3. The van der Waals surface area contributed by atoms with Crippen LogP contribution in [0.15, 0.2) is 0 Å². The Morgan fingerprint density at radius 1 is 1.57 bits per heavy atom. The van der Waals surface area contributed by atoms with E-state index in [0.717, 1.165) is 18.5 Å². The summed E-state index contributed by atoms with van der Waals surface area (Å²) in [5, 5.41) is 2.73. The summed E-state index contributed by atoms with van der Waals surface area (Å²) >= 11 is 0.790. The van der Waals surface area contributed by atoms with Crippen LogP contribution >= 0.6 is 12.0 Å². The van der Waals surface area contributed by atoms with Crippen molar-refractivity contribution in [3.05, 3.63) is 0 Å². The Bertz CT molecular complexity index is 165. The number of carbonyl (C=O) groups excluding carboxylic acids is 1. The van der Waals surface area contributed by atoms with Crippen LogP contribution in [0.5, 0.6) is 0 Å². The van der Waals surface area contributed by atoms with Crippen molar-refractivity contribution >= 4 is 17.9 Å². The smallest absolute Gasteiger partial charge is 0.236 e. The summed E-state index contributed by atoms with van der Waals surface area (Å²) in [6.45, 7) is 4.66. The highest BCUT2D eigenvalue weighted by Crippen LogP contribution is 2.02. The Morgan fingerprint density at radius 2 is 2.21 bits per heavy atom. The molecule has 0 heterocycles. The van der Waals surface area contributed by atoms with Crippen LogP contribution in [0.2, 0.25) is 0 Å². The number of hydrogen-bond acceptors (Lipinski definition) is 4. The van der Waals surface area contributed by atoms with Crippen LogP contribution in [0.4, 0.5) is 0 Å². The molecule has 0 rings (SSSR count). The molecule has 0 radical (unpaired) electrons. The van der Waals surface area contributed by atoms with Gasteiger partial charge < -0.3 is 15.6 Å². The van der Waals surface area contributed by atoms with Crippen LogP contribution in [0.1, 0.15) is 26.7 Å². The molecule has 0 aromatic heterocycles. The summed E-state index contributed by atoms with van der Waals surface area (Å²) in [5.74, 6) is 0.977. The third kappa shape index (κ3) is 7.17. The molecule has 4 N–H and O–H groups in total. The van der Waals surface area contributed by atoms with Gasteiger partial charge in [0.25, 0.3) is 0 Å². The second-order valence-electron chi connectivity index (χ2n) is 3.71. The fraction of sp³-hybridized carbons (Fsp3) is 0.889. The van der Waals surface area contributed by atoms with Gasteiger partial charge in [-0.3, -0.25) is 4.79 Å². The van der Waals surface area contributed by atoms with Crippen molar-refractivity contribution in [2.75, 3.05) is 12.3 Å². The van der Waals surface area contributed by atoms with Crippen molar-refractivity contribution in [3.8, 4) is 0 Å². The molecule has 0 aromatic carbocycles. The molecule has 0 fully saturated rings. The fourth-order valence-corrected chi connectivity index (χ4v) is 1.37. The second kappa shape index (κ2) is 8.08. The minimum atomic E-state index is -0.406. The van der Waals surface area contributed by atoms with Gasteiger partial charge in [0.2, 0.25) is 5.91 Å². The molecule has 84 valence electrons. The zero-order chi connectivity index (χ0) is 11.0. The lowest BCUT2D eigenvalue weighted by Crippen LogP contribution is -2.41. The molecule has 0 bridgehead atoms. The maximum atomic E-state index is 11.3. The Labute approximate surface area is 89.8 Å². The Hall–Kier alpha value is -0.260. The molecule has 0 aliphatic heterocycles. The molecule has 1 atom stereocenters. The van der Waals surface area contributed by atoms with Crippen LogP contribution in [0.25, 0.3) is 0 Å². The maximum Gasteiger partial charge on any atom is 0.236 e. The van der Waals surface area contributed by atoms with Gasteiger partial charge in [0, 0.05) is 12.3 Å². The quantitative estimate of drug-likeness (QED) is 0.443. The van der Waals surface area contributed by atoms with E-state index in [9.17, 15) is 4.79 Å². The van der Waals surface area contributed by atoms with Crippen molar-refractivity contribution in [1.82, 2.24) is 5.32 Å². The number of hydrogen-bond donors (Lipinski definition) is 3. The molecule has 0 spiro atoms. The van der Waals surface area contributed by atoms with Gasteiger partial charge in [-0.1, -0.05) is 13.8 Å². The highest BCUT2D eigenvalue weighted by molar-refractivity contribution is 7.93. The van der Waals surface area contributed by atoms with E-state index in [-0.39, 0.29) is 5.91 Å². The molecule has 0 aliphatic carbocycles. The van der Waals surface area contributed by atoms with E-state index in [2.05, 4.69) is 5.32 Å². The molecular weight excluding hydrogens is 200 g/mol. The van der Waals surface area contributed by atoms with Gasteiger partial charge >= 0.3 is 0 Å². The molecule has 0 aliphatic rings. The lowest BCUT2D eigenvalue weighted by molar-refractivity contribution is -0.122. The molecule has 14 heavy (non-hydrogen) atoms. The first kappa shape index (κ1) is 13.7. The Balaban J connectivity index is 3.52. The lowest BCUT2D eigenvalue weighted by atomic mass is 10.0. The van der Waals surface area contributed by atoms with Gasteiger partial charge in [-0.2, -0.15) is 0 Å². The average Bonchev–Trinajstić information content (AvgIpc) is 2.11. The summed E-state index contributed by atoms with van der Waals surface area (Å²) < 4.78 is 8.44. The Morgan fingerprint density at radius 3 is 2.71 bits per heavy atom. The Kier molecular flexibility index (Phi) is 7.93. The SMILES string of the molecule is CC(C)C[C@H](N)C(=O)NCCCSO. The summed E-state index contributed by atoms with van der Waals surface area (Å²) in [6.07, 6.45) is 1.47. The summed E-state index contributed by atoms with van der Waals surface area (Å²) in [7, 11) is 0. The third-order valence-electron chi connectivity index (χ3n) is 1.77. The van der Waals surface area contributed by atoms with Crippen LogP contribution in [0, 0.1) is 5.92 Å². The number of rotatable bonds is 7. The predicted molar refractivity (Wildman–Crippen MR) is 60.1 cm³/mol. The minimum Gasteiger partial charge on any atom is -0.355 e. The topological polar surface area (TPSA) is 75.4 Å². The highest BCUT2D eigenvalue weighted by atomic mass is 32.2. The normalized spacial score (nSPS) is 12.9. The zero-order valence-electron chi connectivity index (χ0n) is 8.82. The van der Waals surface area contributed by atoms with Gasteiger partial charge in [-0.25, -0.2) is 0 Å². The van der Waals surface area contributed by atoms with E-state index in [1.165, 1.54) is 0 Å². The first-order chi connectivity index (χ1) is 6.57. The highest BCUT2D eigenvalue weighted by Gasteiger charge is 2.13. The molecule has 0 saturated heterocycles. The molecule has 0 unspecified atom stereocenters. The molecule has 0 aromatic rings. The first-order valence-electron chi connectivity index (χ1n) is 4.87. The van der Waals surface area contributed by atoms with Crippen LogP contribution in [-0.4, -0.2) is 28.8 Å². The minimum absolute atomic E-state index is 0.0957. The standard InChI is InChI=1S/C9H20N2O2S/c1-7(2)6-8(10)9(12)11-4-3-5-14-13/h7-8,13H,3-6,10H2,1-2H3,(H,11,12)/t8-/m0/s1. The third-order valence-corrected chi connectivity index (χ3v) is 2.24. The second-order valence-corrected chi connectivity index (χ2v) is 4.38. The van der Waals surface area contributed by atoms with Crippen molar-refractivity contribution in [1.29, 1.82) is 0 Å². The fourth-order valence-electron chi connectivity index (χ4n) is 1.09. The van der Waals surface area contributed by atoms with Gasteiger partial charge in [-0.15, -0.1) is 0 Å². The number of carbonyl (C=O) groups is 1. The molecular formula is C9H20N2O2S. The van der Waals surface area contributed by atoms with Gasteiger partial charge in [-0.05, 0) is 30.8 Å². The van der Waals surface area contributed by atoms with Crippen LogP contribution < -0.4 is 11.1 Å². The zero-order valence-corrected chi connectivity index (χ0v) is 9.64. The largest absolute Gasteiger partial charge is 0.355 e. The van der Waals surface area contributed by atoms with E-state index >= 15 is 0 Å². The van der Waals surface area contributed by atoms with E-state index in [1.807, 2.05) is 13.8 Å². The summed E-state index contributed by atoms with van der Waals surface area (Å²) in [6, 6.07) is -0.406. The number of amides is 1. The van der Waals surface area contributed by atoms with Crippen molar-refractivity contribution in [2.45, 2.75) is 32.7 Å². The van der Waals surface area contributed by atoms with Gasteiger partial charge in [0.15, 0.2) is 0 Å². The molecule has 4 nitrogen and oxygen atoms in total. The van der Waals surface area contributed by atoms with Crippen LogP contribution in [-0.2, 0) is 4.79 Å². The van der Waals surface area contributed by atoms with Crippen LogP contribution in [0.3, 0.4) is 0 Å². The predicted octanol–water partition coefficient (Wildman–Crippen LogP) is 1.07. The van der Waals surface area contributed by atoms with Crippen molar-refractivity contribution in [2.24, 2.45) is 11.7 Å². The molecule has 5 heteroatoms. The van der Waals surface area contributed by atoms with E-state index in [0.29, 0.717) is 24.6 Å². The number of nitrogens with one attached hydrogen (secondary N) is 1. The van der Waals surface area contributed by atoms with Crippen molar-refractivity contribution in [3.63, 3.8) is 0 Å². The number of nitrogens with two attached hydrogens (primary N) is 1. The molecule has 0 saturated carbocycles. The maximum absolute atomic E-state index is 11.3. The summed E-state index contributed by atoms with van der Waals surface area (Å²) in [5.41, 5.74) is 5.67. The first-order valence-corrected chi connectivity index (χ1v) is 5.81. The van der Waals surface area contributed by atoms with Gasteiger partial charge in [0.05, 0.1) is 6.04 Å². The monoisotopic (exact) mass is 220 g/mol. The van der Waals surface area contributed by atoms with E-state index < -0.39 is 6.04 Å². The van der Waals surface area contributed by atoms with E-state index in [4.69, 9.17) is 10.3 Å². The lowest BCUT2D eigenvalue weighted by Gasteiger charge is -2.13.